The molecular weight excluding hydrogens is 331 g/mol. The molecule has 1 saturated carbocycles. The van der Waals surface area contributed by atoms with Crippen LogP contribution in [0.5, 0.6) is 0 Å². The summed E-state index contributed by atoms with van der Waals surface area (Å²) in [4.78, 5) is 13.7. The summed E-state index contributed by atoms with van der Waals surface area (Å²) in [7, 11) is 1.79. The molecule has 3 rings (SSSR count). The third-order valence-electron chi connectivity index (χ3n) is 4.25. The Morgan fingerprint density at radius 1 is 1.42 bits per heavy atom. The number of H-pyrrole nitrogens is 1. The fourth-order valence-electron chi connectivity index (χ4n) is 2.62. The minimum absolute atomic E-state index is 0. The summed E-state index contributed by atoms with van der Waals surface area (Å²) in [6.45, 7) is 0.659. The first-order valence-electron chi connectivity index (χ1n) is 7.83. The van der Waals surface area contributed by atoms with Crippen LogP contribution in [0.25, 0.3) is 11.3 Å². The number of aromatic nitrogens is 2. The highest BCUT2D eigenvalue weighted by Crippen LogP contribution is 2.33. The van der Waals surface area contributed by atoms with Gasteiger partial charge in [0.1, 0.15) is 5.82 Å². The molecule has 1 aliphatic carbocycles. The van der Waals surface area contributed by atoms with Crippen molar-refractivity contribution in [2.75, 3.05) is 13.6 Å². The van der Waals surface area contributed by atoms with Crippen molar-refractivity contribution in [3.63, 3.8) is 0 Å². The van der Waals surface area contributed by atoms with Crippen LogP contribution in [0, 0.1) is 5.82 Å². The van der Waals surface area contributed by atoms with Gasteiger partial charge in [-0.15, -0.1) is 12.4 Å². The van der Waals surface area contributed by atoms with Gasteiger partial charge in [-0.2, -0.15) is 5.10 Å². The van der Waals surface area contributed by atoms with Crippen molar-refractivity contribution in [1.29, 1.82) is 0 Å². The topological polar surface area (TPSA) is 75.0 Å². The van der Waals surface area contributed by atoms with E-state index < -0.39 is 5.54 Å². The molecule has 1 aromatic carbocycles. The Balaban J connectivity index is 0.00000208. The molecule has 1 aromatic heterocycles. The van der Waals surface area contributed by atoms with Crippen molar-refractivity contribution < 1.29 is 9.18 Å². The van der Waals surface area contributed by atoms with E-state index in [-0.39, 0.29) is 24.1 Å². The number of carbonyl (C=O) groups excluding carboxylic acids is 1. The van der Waals surface area contributed by atoms with Crippen LogP contribution in [-0.4, -0.2) is 40.1 Å². The first kappa shape index (κ1) is 18.4. The summed E-state index contributed by atoms with van der Waals surface area (Å²) in [5.41, 5.74) is 7.76. The third-order valence-corrected chi connectivity index (χ3v) is 4.25. The second kappa shape index (κ2) is 7.32. The lowest BCUT2D eigenvalue weighted by Gasteiger charge is -2.20. The number of likely N-dealkylation sites (N-methyl/N-ethyl adjacent to an activating group) is 1. The Hall–Kier alpha value is -1.92. The molecule has 24 heavy (non-hydrogen) atoms. The second-order valence-corrected chi connectivity index (χ2v) is 6.28. The van der Waals surface area contributed by atoms with Gasteiger partial charge in [-0.25, -0.2) is 4.39 Å². The molecule has 0 atom stereocenters. The summed E-state index contributed by atoms with van der Waals surface area (Å²) < 4.78 is 13.2. The van der Waals surface area contributed by atoms with E-state index >= 15 is 0 Å². The third kappa shape index (κ3) is 4.13. The number of rotatable bonds is 6. The zero-order chi connectivity index (χ0) is 16.4. The molecule has 1 fully saturated rings. The van der Waals surface area contributed by atoms with Gasteiger partial charge in [-0.05, 0) is 43.9 Å². The number of aryl methyl sites for hydroxylation is 1. The number of benzene rings is 1. The van der Waals surface area contributed by atoms with Gasteiger partial charge in [-0.3, -0.25) is 9.89 Å². The van der Waals surface area contributed by atoms with Gasteiger partial charge in [0, 0.05) is 24.8 Å². The van der Waals surface area contributed by atoms with Gasteiger partial charge in [0.05, 0.1) is 11.2 Å². The first-order valence-corrected chi connectivity index (χ1v) is 7.83. The minimum Gasteiger partial charge on any atom is -0.344 e. The van der Waals surface area contributed by atoms with Crippen LogP contribution in [0.15, 0.2) is 30.3 Å². The molecule has 0 radical (unpaired) electrons. The van der Waals surface area contributed by atoms with E-state index in [2.05, 4.69) is 10.2 Å². The van der Waals surface area contributed by atoms with Crippen molar-refractivity contribution in [2.45, 2.75) is 31.2 Å². The predicted molar refractivity (Wildman–Crippen MR) is 93.3 cm³/mol. The highest BCUT2D eigenvalue weighted by Gasteiger charge is 2.47. The largest absolute Gasteiger partial charge is 0.344 e. The number of halogens is 2. The Morgan fingerprint density at radius 2 is 2.17 bits per heavy atom. The average molecular weight is 353 g/mol. The van der Waals surface area contributed by atoms with Crippen LogP contribution in [0.1, 0.15) is 25.0 Å². The lowest BCUT2D eigenvalue weighted by molar-refractivity contribution is -0.132. The predicted octanol–water partition coefficient (Wildman–Crippen LogP) is 2.52. The van der Waals surface area contributed by atoms with Crippen molar-refractivity contribution in [1.82, 2.24) is 15.1 Å². The molecule has 3 N–H and O–H groups in total. The molecule has 7 heteroatoms. The zero-order valence-electron chi connectivity index (χ0n) is 13.6. The van der Waals surface area contributed by atoms with Crippen molar-refractivity contribution in [3.05, 3.63) is 41.8 Å². The Kier molecular flexibility index (Phi) is 5.62. The highest BCUT2D eigenvalue weighted by molar-refractivity contribution is 5.88. The molecule has 2 aromatic rings. The maximum atomic E-state index is 13.2. The summed E-state index contributed by atoms with van der Waals surface area (Å²) in [5.74, 6) is -0.245. The van der Waals surface area contributed by atoms with Gasteiger partial charge in [0.15, 0.2) is 0 Å². The summed E-state index contributed by atoms with van der Waals surface area (Å²) >= 11 is 0. The molecule has 1 amide bonds. The average Bonchev–Trinajstić information content (AvgIpc) is 3.11. The Morgan fingerprint density at radius 3 is 2.83 bits per heavy atom. The maximum absolute atomic E-state index is 13.2. The number of carbonyl (C=O) groups is 1. The Bertz CT molecular complexity index is 714. The van der Waals surface area contributed by atoms with Gasteiger partial charge in [0.25, 0.3) is 0 Å². The van der Waals surface area contributed by atoms with Gasteiger partial charge >= 0.3 is 0 Å². The van der Waals surface area contributed by atoms with E-state index in [1.165, 1.54) is 12.1 Å². The molecule has 1 heterocycles. The lowest BCUT2D eigenvalue weighted by atomic mass is 10.1. The number of aromatic amines is 1. The van der Waals surface area contributed by atoms with Crippen LogP contribution in [0.3, 0.4) is 0 Å². The highest BCUT2D eigenvalue weighted by atomic mass is 35.5. The number of hydrogen-bond donors (Lipinski definition) is 2. The van der Waals surface area contributed by atoms with Crippen LogP contribution >= 0.6 is 12.4 Å². The lowest BCUT2D eigenvalue weighted by Crippen LogP contribution is -2.44. The van der Waals surface area contributed by atoms with Gasteiger partial charge in [-0.1, -0.05) is 12.1 Å². The molecule has 5 nitrogen and oxygen atoms in total. The maximum Gasteiger partial charge on any atom is 0.242 e. The summed E-state index contributed by atoms with van der Waals surface area (Å²) in [6, 6.07) is 8.28. The van der Waals surface area contributed by atoms with Crippen molar-refractivity contribution >= 4 is 18.3 Å². The minimum atomic E-state index is -0.604. The molecule has 0 aliphatic heterocycles. The quantitative estimate of drug-likeness (QED) is 0.838. The number of nitrogens with zero attached hydrogens (tertiary/aromatic N) is 2. The monoisotopic (exact) mass is 352 g/mol. The molecular formula is C17H22ClFN4O. The zero-order valence-corrected chi connectivity index (χ0v) is 14.4. The van der Waals surface area contributed by atoms with Crippen LogP contribution < -0.4 is 5.73 Å². The summed E-state index contributed by atoms with van der Waals surface area (Å²) in [5, 5.41) is 7.19. The van der Waals surface area contributed by atoms with E-state index in [1.807, 2.05) is 12.1 Å². The van der Waals surface area contributed by atoms with E-state index in [1.54, 1.807) is 18.0 Å². The molecule has 130 valence electrons. The number of nitrogens with one attached hydrogen (secondary N) is 1. The molecule has 1 aliphatic rings. The number of amides is 1. The molecule has 0 bridgehead atoms. The molecule has 0 unspecified atom stereocenters. The standard InChI is InChI=1S/C17H21FN4O.ClH/c1-22(16(23)17(19)7-8-17)9-3-6-14-11-15(21-20-14)12-4-2-5-13(18)10-12;/h2,4-5,10-11H,3,6-9,19H2,1H3,(H,20,21);1H. The van der Waals surface area contributed by atoms with Crippen LogP contribution in [0.2, 0.25) is 0 Å². The smallest absolute Gasteiger partial charge is 0.242 e. The van der Waals surface area contributed by atoms with Crippen molar-refractivity contribution in [3.8, 4) is 11.3 Å². The summed E-state index contributed by atoms with van der Waals surface area (Å²) in [6.07, 6.45) is 3.17. The fraction of sp³-hybridized carbons (Fsp3) is 0.412. The van der Waals surface area contributed by atoms with E-state index in [4.69, 9.17) is 5.73 Å². The molecule has 0 spiro atoms. The van der Waals surface area contributed by atoms with Crippen LogP contribution in [-0.2, 0) is 11.2 Å². The van der Waals surface area contributed by atoms with E-state index in [0.29, 0.717) is 6.54 Å². The van der Waals surface area contributed by atoms with E-state index in [0.717, 1.165) is 42.6 Å². The fourth-order valence-corrected chi connectivity index (χ4v) is 2.62. The second-order valence-electron chi connectivity index (χ2n) is 6.28. The molecule has 0 saturated heterocycles. The SMILES string of the molecule is CN(CCCc1cc(-c2cccc(F)c2)n[nH]1)C(=O)C1(N)CC1.Cl. The normalized spacial score (nSPS) is 14.8. The first-order chi connectivity index (χ1) is 11.0. The number of nitrogens with two attached hydrogens (primary N) is 1. The van der Waals surface area contributed by atoms with Crippen LogP contribution in [0.4, 0.5) is 4.39 Å². The van der Waals surface area contributed by atoms with Gasteiger partial charge in [0.2, 0.25) is 5.91 Å². The van der Waals surface area contributed by atoms with E-state index in [9.17, 15) is 9.18 Å². The Labute approximate surface area is 146 Å². The van der Waals surface area contributed by atoms with Crippen molar-refractivity contribution in [2.24, 2.45) is 5.73 Å². The number of hydrogen-bond acceptors (Lipinski definition) is 3. The van der Waals surface area contributed by atoms with Gasteiger partial charge < -0.3 is 10.6 Å².